The van der Waals surface area contributed by atoms with Gasteiger partial charge in [-0.15, -0.1) is 0 Å². The monoisotopic (exact) mass is 167 g/mol. The van der Waals surface area contributed by atoms with Crippen molar-refractivity contribution in [3.63, 3.8) is 0 Å². The summed E-state index contributed by atoms with van der Waals surface area (Å²) in [7, 11) is 0. The lowest BCUT2D eigenvalue weighted by molar-refractivity contribution is 0.571. The average molecular weight is 167 g/mol. The molecule has 0 saturated carbocycles. The third-order valence-corrected chi connectivity index (χ3v) is 3.11. The van der Waals surface area contributed by atoms with Crippen LogP contribution in [0, 0.1) is 0 Å². The van der Waals surface area contributed by atoms with E-state index in [-0.39, 0.29) is 5.56 Å². The minimum Gasteiger partial charge on any atom is -0.311 e. The van der Waals surface area contributed by atoms with Crippen LogP contribution in [-0.4, -0.2) is 16.1 Å². The smallest absolute Gasteiger partial charge is 0.250 e. The SMILES string of the molecule is O=c1ccccn1C1CSC1. The molecule has 0 spiro atoms. The summed E-state index contributed by atoms with van der Waals surface area (Å²) in [4.78, 5) is 11.2. The predicted molar refractivity (Wildman–Crippen MR) is 47.1 cm³/mol. The Morgan fingerprint density at radius 1 is 1.45 bits per heavy atom. The maximum Gasteiger partial charge on any atom is 0.250 e. The molecule has 0 N–H and O–H groups in total. The summed E-state index contributed by atoms with van der Waals surface area (Å²) in [6, 6.07) is 5.76. The van der Waals surface area contributed by atoms with Crippen molar-refractivity contribution in [2.45, 2.75) is 6.04 Å². The minimum atomic E-state index is 0.123. The van der Waals surface area contributed by atoms with Gasteiger partial charge >= 0.3 is 0 Å². The fourth-order valence-corrected chi connectivity index (χ4v) is 1.89. The van der Waals surface area contributed by atoms with Crippen LogP contribution in [0.1, 0.15) is 6.04 Å². The van der Waals surface area contributed by atoms with Crippen molar-refractivity contribution in [1.29, 1.82) is 0 Å². The van der Waals surface area contributed by atoms with Gasteiger partial charge < -0.3 is 4.57 Å². The van der Waals surface area contributed by atoms with E-state index in [1.165, 1.54) is 0 Å². The van der Waals surface area contributed by atoms with Crippen molar-refractivity contribution in [3.8, 4) is 0 Å². The molecule has 1 aliphatic heterocycles. The Balaban J connectivity index is 2.36. The first-order valence-corrected chi connectivity index (χ1v) is 4.78. The zero-order chi connectivity index (χ0) is 7.68. The van der Waals surface area contributed by atoms with Crippen molar-refractivity contribution < 1.29 is 0 Å². The summed E-state index contributed by atoms with van der Waals surface area (Å²) >= 11 is 1.89. The van der Waals surface area contributed by atoms with Gasteiger partial charge in [-0.1, -0.05) is 6.07 Å². The fourth-order valence-electron chi connectivity index (χ4n) is 1.13. The second-order valence-electron chi connectivity index (χ2n) is 2.64. The lowest BCUT2D eigenvalue weighted by atomic mass is 10.3. The van der Waals surface area contributed by atoms with Crippen LogP contribution in [0.2, 0.25) is 0 Å². The standard InChI is InChI=1S/C8H9NOS/c10-8-3-1-2-4-9(8)7-5-11-6-7/h1-4,7H,5-6H2. The first kappa shape index (κ1) is 6.98. The molecule has 1 saturated heterocycles. The average Bonchev–Trinajstić information content (AvgIpc) is 1.90. The Morgan fingerprint density at radius 3 is 2.82 bits per heavy atom. The summed E-state index contributed by atoms with van der Waals surface area (Å²) < 4.78 is 1.82. The normalized spacial score (nSPS) is 17.8. The lowest BCUT2D eigenvalue weighted by Crippen LogP contribution is -2.31. The predicted octanol–water partition coefficient (Wildman–Crippen LogP) is 1.14. The van der Waals surface area contributed by atoms with Gasteiger partial charge in [-0.05, 0) is 6.07 Å². The van der Waals surface area contributed by atoms with E-state index in [1.807, 2.05) is 28.6 Å². The minimum absolute atomic E-state index is 0.123. The number of hydrogen-bond acceptors (Lipinski definition) is 2. The van der Waals surface area contributed by atoms with E-state index in [0.29, 0.717) is 6.04 Å². The highest BCUT2D eigenvalue weighted by molar-refractivity contribution is 8.00. The molecule has 3 heteroatoms. The summed E-state index contributed by atoms with van der Waals surface area (Å²) in [6.07, 6.45) is 1.87. The maximum atomic E-state index is 11.2. The maximum absolute atomic E-state index is 11.2. The molecule has 1 aliphatic rings. The van der Waals surface area contributed by atoms with Gasteiger partial charge in [0.1, 0.15) is 0 Å². The van der Waals surface area contributed by atoms with Crippen LogP contribution in [0.5, 0.6) is 0 Å². The van der Waals surface area contributed by atoms with Gasteiger partial charge in [-0.3, -0.25) is 4.79 Å². The number of nitrogens with zero attached hydrogens (tertiary/aromatic N) is 1. The molecule has 0 atom stereocenters. The van der Waals surface area contributed by atoms with E-state index in [2.05, 4.69) is 0 Å². The Morgan fingerprint density at radius 2 is 2.27 bits per heavy atom. The molecule has 0 amide bonds. The molecule has 0 aromatic carbocycles. The van der Waals surface area contributed by atoms with E-state index >= 15 is 0 Å². The highest BCUT2D eigenvalue weighted by atomic mass is 32.2. The van der Waals surface area contributed by atoms with Crippen LogP contribution >= 0.6 is 11.8 Å². The lowest BCUT2D eigenvalue weighted by Gasteiger charge is -2.26. The molecule has 1 aromatic heterocycles. The highest BCUT2D eigenvalue weighted by Crippen LogP contribution is 2.27. The van der Waals surface area contributed by atoms with Crippen LogP contribution in [0.15, 0.2) is 29.2 Å². The molecule has 1 fully saturated rings. The summed E-state index contributed by atoms with van der Waals surface area (Å²) in [6.45, 7) is 0. The Kier molecular flexibility index (Phi) is 1.74. The molecular weight excluding hydrogens is 158 g/mol. The zero-order valence-electron chi connectivity index (χ0n) is 6.06. The molecule has 2 rings (SSSR count). The first-order chi connectivity index (χ1) is 5.38. The van der Waals surface area contributed by atoms with Crippen LogP contribution in [-0.2, 0) is 0 Å². The number of aromatic nitrogens is 1. The third-order valence-electron chi connectivity index (χ3n) is 1.86. The molecular formula is C8H9NOS. The van der Waals surface area contributed by atoms with Crippen LogP contribution < -0.4 is 5.56 Å². The van der Waals surface area contributed by atoms with Gasteiger partial charge in [0.05, 0.1) is 6.04 Å². The number of hydrogen-bond donors (Lipinski definition) is 0. The summed E-state index contributed by atoms with van der Waals surface area (Å²) in [5.74, 6) is 2.17. The first-order valence-electron chi connectivity index (χ1n) is 3.63. The highest BCUT2D eigenvalue weighted by Gasteiger charge is 2.19. The van der Waals surface area contributed by atoms with Crippen LogP contribution in [0.25, 0.3) is 0 Å². The number of pyridine rings is 1. The Hall–Kier alpha value is -0.700. The zero-order valence-corrected chi connectivity index (χ0v) is 6.88. The van der Waals surface area contributed by atoms with Crippen molar-refractivity contribution in [2.24, 2.45) is 0 Å². The Labute approximate surface area is 69.2 Å². The van der Waals surface area contributed by atoms with Gasteiger partial charge in [-0.2, -0.15) is 11.8 Å². The van der Waals surface area contributed by atoms with Gasteiger partial charge in [0.15, 0.2) is 0 Å². The molecule has 0 unspecified atom stereocenters. The molecule has 1 aromatic rings. The van der Waals surface area contributed by atoms with E-state index in [1.54, 1.807) is 12.1 Å². The van der Waals surface area contributed by atoms with Gasteiger partial charge in [0.2, 0.25) is 0 Å². The molecule has 11 heavy (non-hydrogen) atoms. The van der Waals surface area contributed by atoms with Gasteiger partial charge in [0, 0.05) is 23.8 Å². The quantitative estimate of drug-likeness (QED) is 0.625. The van der Waals surface area contributed by atoms with E-state index in [4.69, 9.17) is 0 Å². The topological polar surface area (TPSA) is 22.0 Å². The van der Waals surface area contributed by atoms with Crippen molar-refractivity contribution in [2.75, 3.05) is 11.5 Å². The van der Waals surface area contributed by atoms with Crippen LogP contribution in [0.4, 0.5) is 0 Å². The molecule has 0 bridgehead atoms. The molecule has 0 aliphatic carbocycles. The fraction of sp³-hybridized carbons (Fsp3) is 0.375. The second-order valence-corrected chi connectivity index (χ2v) is 3.71. The molecule has 0 radical (unpaired) electrons. The largest absolute Gasteiger partial charge is 0.311 e. The van der Waals surface area contributed by atoms with E-state index in [9.17, 15) is 4.79 Å². The summed E-state index contributed by atoms with van der Waals surface area (Å²) in [5.41, 5.74) is 0.123. The Bertz CT molecular complexity index is 303. The van der Waals surface area contributed by atoms with E-state index in [0.717, 1.165) is 11.5 Å². The van der Waals surface area contributed by atoms with Gasteiger partial charge in [0.25, 0.3) is 5.56 Å². The third kappa shape index (κ3) is 1.20. The van der Waals surface area contributed by atoms with Crippen LogP contribution in [0.3, 0.4) is 0 Å². The molecule has 2 heterocycles. The van der Waals surface area contributed by atoms with Gasteiger partial charge in [-0.25, -0.2) is 0 Å². The summed E-state index contributed by atoms with van der Waals surface area (Å²) in [5, 5.41) is 0. The van der Waals surface area contributed by atoms with E-state index < -0.39 is 0 Å². The van der Waals surface area contributed by atoms with Crippen molar-refractivity contribution >= 4 is 11.8 Å². The van der Waals surface area contributed by atoms with Crippen molar-refractivity contribution in [1.82, 2.24) is 4.57 Å². The molecule has 58 valence electrons. The number of rotatable bonds is 1. The second kappa shape index (κ2) is 2.74. The number of thioether (sulfide) groups is 1. The van der Waals surface area contributed by atoms with Crippen molar-refractivity contribution in [3.05, 3.63) is 34.7 Å². The molecule has 2 nitrogen and oxygen atoms in total.